The molecule has 1 unspecified atom stereocenters. The fraction of sp³-hybridized carbons (Fsp3) is 0.455. The molecule has 1 N–H and O–H groups in total. The predicted molar refractivity (Wildman–Crippen MR) is 112 cm³/mol. The first-order valence-electron chi connectivity index (χ1n) is 10.3. The Balaban J connectivity index is 1.41. The average Bonchev–Trinajstić information content (AvgIpc) is 3.48. The maximum absolute atomic E-state index is 11.4. The van der Waals surface area contributed by atoms with Crippen LogP contribution in [0.1, 0.15) is 38.7 Å². The molecule has 0 saturated carbocycles. The molecule has 0 spiro atoms. The van der Waals surface area contributed by atoms with Gasteiger partial charge in [0.25, 0.3) is 0 Å². The molecule has 2 aromatic heterocycles. The summed E-state index contributed by atoms with van der Waals surface area (Å²) in [5.74, 6) is 0.376. The van der Waals surface area contributed by atoms with Crippen molar-refractivity contribution in [3.8, 4) is 11.5 Å². The fourth-order valence-electron chi connectivity index (χ4n) is 4.97. The number of aliphatic hydroxyl groups is 1. The van der Waals surface area contributed by atoms with Crippen molar-refractivity contribution in [3.63, 3.8) is 0 Å². The van der Waals surface area contributed by atoms with Gasteiger partial charge >= 0.3 is 0 Å². The Morgan fingerprint density at radius 1 is 1.16 bits per heavy atom. The number of aromatic nitrogens is 3. The normalized spacial score (nSPS) is 31.2. The van der Waals surface area contributed by atoms with Gasteiger partial charge in [-0.1, -0.05) is 17.7 Å². The summed E-state index contributed by atoms with van der Waals surface area (Å²) in [4.78, 5) is 8.43. The summed E-state index contributed by atoms with van der Waals surface area (Å²) in [6, 6.07) is 7.18. The SMILES string of the molecule is CC1(C)O[C@H]2[C@H](n3ccc4c(Cl)ncnc43)O[C@H](C(O)c3ccc4c(c3)OCO4)[C@@]2(C)O1. The van der Waals surface area contributed by atoms with E-state index in [0.29, 0.717) is 33.2 Å². The van der Waals surface area contributed by atoms with Gasteiger partial charge in [0.05, 0.1) is 5.39 Å². The highest BCUT2D eigenvalue weighted by Crippen LogP contribution is 2.54. The molecule has 0 bridgehead atoms. The summed E-state index contributed by atoms with van der Waals surface area (Å²) in [6.07, 6.45) is 0.410. The first-order chi connectivity index (χ1) is 15.3. The average molecular weight is 460 g/mol. The molecule has 168 valence electrons. The van der Waals surface area contributed by atoms with E-state index in [9.17, 15) is 5.11 Å². The molecule has 5 heterocycles. The van der Waals surface area contributed by atoms with Crippen LogP contribution in [0.4, 0.5) is 0 Å². The van der Waals surface area contributed by atoms with Crippen LogP contribution in [0.25, 0.3) is 11.0 Å². The monoisotopic (exact) mass is 459 g/mol. The van der Waals surface area contributed by atoms with Gasteiger partial charge in [-0.3, -0.25) is 0 Å². The van der Waals surface area contributed by atoms with Gasteiger partial charge in [0.2, 0.25) is 6.79 Å². The van der Waals surface area contributed by atoms with Crippen molar-refractivity contribution >= 4 is 22.6 Å². The lowest BCUT2D eigenvalue weighted by Gasteiger charge is -2.32. The first kappa shape index (κ1) is 20.2. The number of benzene rings is 1. The molecular formula is C22H22ClN3O6. The highest BCUT2D eigenvalue weighted by Gasteiger charge is 2.65. The molecule has 0 radical (unpaired) electrons. The summed E-state index contributed by atoms with van der Waals surface area (Å²) >= 11 is 6.24. The zero-order chi connectivity index (χ0) is 22.3. The Bertz CT molecular complexity index is 1220. The van der Waals surface area contributed by atoms with Gasteiger partial charge < -0.3 is 33.4 Å². The summed E-state index contributed by atoms with van der Waals surface area (Å²) in [6.45, 7) is 5.77. The van der Waals surface area contributed by atoms with Gasteiger partial charge in [-0.25, -0.2) is 9.97 Å². The number of ether oxygens (including phenoxy) is 5. The van der Waals surface area contributed by atoms with E-state index in [1.165, 1.54) is 6.33 Å². The highest BCUT2D eigenvalue weighted by atomic mass is 35.5. The van der Waals surface area contributed by atoms with E-state index in [-0.39, 0.29) is 6.79 Å². The largest absolute Gasteiger partial charge is 0.454 e. The van der Waals surface area contributed by atoms with Gasteiger partial charge in [0.1, 0.15) is 41.0 Å². The van der Waals surface area contributed by atoms with E-state index < -0.39 is 35.9 Å². The molecule has 3 aliphatic rings. The Morgan fingerprint density at radius 3 is 2.81 bits per heavy atom. The Labute approximate surface area is 188 Å². The number of halogens is 1. The van der Waals surface area contributed by atoms with Crippen molar-refractivity contribution < 1.29 is 28.8 Å². The molecule has 10 heteroatoms. The quantitative estimate of drug-likeness (QED) is 0.595. The summed E-state index contributed by atoms with van der Waals surface area (Å²) < 4.78 is 31.8. The van der Waals surface area contributed by atoms with Crippen molar-refractivity contribution in [3.05, 3.63) is 47.5 Å². The van der Waals surface area contributed by atoms with Gasteiger partial charge in [-0.15, -0.1) is 0 Å². The van der Waals surface area contributed by atoms with Crippen molar-refractivity contribution in [1.82, 2.24) is 14.5 Å². The molecule has 5 atom stereocenters. The van der Waals surface area contributed by atoms with E-state index in [2.05, 4.69) is 9.97 Å². The minimum atomic E-state index is -1.00. The molecule has 2 saturated heterocycles. The summed E-state index contributed by atoms with van der Waals surface area (Å²) in [5, 5.41) is 12.5. The van der Waals surface area contributed by atoms with Crippen LogP contribution in [0.2, 0.25) is 5.15 Å². The van der Waals surface area contributed by atoms with Gasteiger partial charge in [-0.2, -0.15) is 0 Å². The highest BCUT2D eigenvalue weighted by molar-refractivity contribution is 6.33. The molecule has 3 aliphatic heterocycles. The minimum Gasteiger partial charge on any atom is -0.454 e. The van der Waals surface area contributed by atoms with Crippen LogP contribution in [0.3, 0.4) is 0 Å². The smallest absolute Gasteiger partial charge is 0.231 e. The van der Waals surface area contributed by atoms with Crippen molar-refractivity contribution in [2.45, 2.75) is 56.7 Å². The third-order valence-corrected chi connectivity index (χ3v) is 6.61. The van der Waals surface area contributed by atoms with Crippen LogP contribution in [-0.4, -0.2) is 50.0 Å². The van der Waals surface area contributed by atoms with Gasteiger partial charge in [0.15, 0.2) is 23.5 Å². The van der Waals surface area contributed by atoms with Crippen molar-refractivity contribution in [2.24, 2.45) is 0 Å². The molecular weight excluding hydrogens is 438 g/mol. The second-order valence-corrected chi connectivity index (χ2v) is 9.21. The van der Waals surface area contributed by atoms with Crippen LogP contribution in [0.15, 0.2) is 36.8 Å². The van der Waals surface area contributed by atoms with Gasteiger partial charge in [0, 0.05) is 6.20 Å². The van der Waals surface area contributed by atoms with Crippen LogP contribution >= 0.6 is 11.6 Å². The zero-order valence-corrected chi connectivity index (χ0v) is 18.4. The van der Waals surface area contributed by atoms with Crippen LogP contribution in [0.5, 0.6) is 11.5 Å². The van der Waals surface area contributed by atoms with E-state index in [1.807, 2.05) is 37.6 Å². The molecule has 3 aromatic rings. The van der Waals surface area contributed by atoms with Crippen LogP contribution in [0, 0.1) is 0 Å². The molecule has 2 fully saturated rings. The zero-order valence-electron chi connectivity index (χ0n) is 17.7. The van der Waals surface area contributed by atoms with E-state index in [4.69, 9.17) is 35.3 Å². The number of fused-ring (bicyclic) bond motifs is 3. The Morgan fingerprint density at radius 2 is 1.97 bits per heavy atom. The molecule has 0 amide bonds. The van der Waals surface area contributed by atoms with Crippen LogP contribution < -0.4 is 9.47 Å². The second-order valence-electron chi connectivity index (χ2n) is 8.85. The maximum atomic E-state index is 11.4. The number of hydrogen-bond donors (Lipinski definition) is 1. The molecule has 6 rings (SSSR count). The lowest BCUT2D eigenvalue weighted by atomic mass is 9.88. The maximum Gasteiger partial charge on any atom is 0.231 e. The topological polar surface area (TPSA) is 97.1 Å². The number of hydrogen-bond acceptors (Lipinski definition) is 8. The molecule has 0 aliphatic carbocycles. The molecule has 9 nitrogen and oxygen atoms in total. The minimum absolute atomic E-state index is 0.160. The van der Waals surface area contributed by atoms with E-state index in [0.717, 1.165) is 0 Å². The Kier molecular flexibility index (Phi) is 4.28. The lowest BCUT2D eigenvalue weighted by Crippen LogP contribution is -2.46. The van der Waals surface area contributed by atoms with E-state index >= 15 is 0 Å². The number of nitrogens with zero attached hydrogens (tertiary/aromatic N) is 3. The lowest BCUT2D eigenvalue weighted by molar-refractivity contribution is -0.223. The summed E-state index contributed by atoms with van der Waals surface area (Å²) in [7, 11) is 0. The van der Waals surface area contributed by atoms with Gasteiger partial charge in [-0.05, 0) is 44.5 Å². The summed E-state index contributed by atoms with van der Waals surface area (Å²) in [5.41, 5.74) is 0.317. The Hall–Kier alpha value is -2.43. The van der Waals surface area contributed by atoms with Crippen LogP contribution in [-0.2, 0) is 14.2 Å². The second kappa shape index (κ2) is 6.79. The standard InChI is InChI=1S/C22H22ClN3O6/c1-21(2)31-17-20(26-7-6-12-18(23)24-9-25-19(12)26)30-16(22(17,3)32-21)15(27)11-4-5-13-14(8-11)29-10-28-13/h4-9,15-17,20,27H,10H2,1-3H3/t15?,16-,17+,20-,22-/m1/s1. The van der Waals surface area contributed by atoms with Crippen molar-refractivity contribution in [1.29, 1.82) is 0 Å². The molecule has 32 heavy (non-hydrogen) atoms. The van der Waals surface area contributed by atoms with Crippen molar-refractivity contribution in [2.75, 3.05) is 6.79 Å². The first-order valence-corrected chi connectivity index (χ1v) is 10.7. The predicted octanol–water partition coefficient (Wildman–Crippen LogP) is 3.35. The third kappa shape index (κ3) is 2.85. The third-order valence-electron chi connectivity index (χ3n) is 6.31. The number of rotatable bonds is 3. The molecule has 1 aromatic carbocycles. The number of aliphatic hydroxyl groups excluding tert-OH is 1. The fourth-order valence-corrected chi connectivity index (χ4v) is 5.16. The van der Waals surface area contributed by atoms with E-state index in [1.54, 1.807) is 18.2 Å².